The number of nitrogens with zero attached hydrogens (tertiary/aromatic N) is 2. The number of ether oxygens (including phenoxy) is 2. The van der Waals surface area contributed by atoms with Crippen molar-refractivity contribution in [2.45, 2.75) is 63.4 Å². The summed E-state index contributed by atoms with van der Waals surface area (Å²) in [6.45, 7) is 6.88. The Morgan fingerprint density at radius 1 is 1.05 bits per heavy atom. The molecule has 2 N–H and O–H groups in total. The van der Waals surface area contributed by atoms with Gasteiger partial charge in [-0.05, 0) is 49.6 Å². The molecule has 0 aromatic carbocycles. The van der Waals surface area contributed by atoms with Gasteiger partial charge in [-0.1, -0.05) is 0 Å². The van der Waals surface area contributed by atoms with Gasteiger partial charge in [-0.25, -0.2) is 9.59 Å². The third-order valence-corrected chi connectivity index (χ3v) is 6.82. The summed E-state index contributed by atoms with van der Waals surface area (Å²) in [5, 5.41) is 14.2. The van der Waals surface area contributed by atoms with E-state index in [9.17, 15) is 26.3 Å². The summed E-state index contributed by atoms with van der Waals surface area (Å²) in [5.74, 6) is -5.51. The van der Waals surface area contributed by atoms with E-state index in [-0.39, 0.29) is 11.7 Å². The average Bonchev–Trinajstić information content (AvgIpc) is 3.45. The summed E-state index contributed by atoms with van der Waals surface area (Å²) >= 11 is 1.91. The van der Waals surface area contributed by atoms with Crippen LogP contribution in [0.25, 0.3) is 0 Å². The summed E-state index contributed by atoms with van der Waals surface area (Å²) in [6.07, 6.45) is -3.05. The van der Waals surface area contributed by atoms with Crippen LogP contribution in [0.3, 0.4) is 0 Å². The van der Waals surface area contributed by atoms with Crippen LogP contribution in [-0.4, -0.2) is 75.8 Å². The van der Waals surface area contributed by atoms with Crippen LogP contribution in [0.4, 0.5) is 26.3 Å². The molecule has 4 rings (SSSR count). The first-order valence-electron chi connectivity index (χ1n) is 11.6. The molecule has 2 aliphatic heterocycles. The number of carboxylic acid groups (broad SMARTS) is 2. The Morgan fingerprint density at radius 3 is 2.05 bits per heavy atom. The van der Waals surface area contributed by atoms with Gasteiger partial charge in [-0.3, -0.25) is 9.88 Å². The van der Waals surface area contributed by atoms with Crippen LogP contribution >= 0.6 is 11.3 Å². The number of hydrogen-bond donors (Lipinski definition) is 2. The Hall–Kier alpha value is -2.75. The number of carbonyl (C=O) groups is 2. The number of aromatic nitrogens is 1. The van der Waals surface area contributed by atoms with Crippen LogP contribution in [0.15, 0.2) is 36.7 Å². The van der Waals surface area contributed by atoms with Crippen molar-refractivity contribution in [2.75, 3.05) is 19.7 Å². The Morgan fingerprint density at radius 2 is 1.59 bits per heavy atom. The molecule has 0 saturated carbocycles. The predicted octanol–water partition coefficient (Wildman–Crippen LogP) is 5.06. The molecule has 8 nitrogen and oxygen atoms in total. The van der Waals surface area contributed by atoms with Crippen LogP contribution in [0.1, 0.15) is 34.6 Å². The SMILES string of the molecule is Cc1ccc(CN2CCC3(CC2)CC(OCc2ccncc2)CO3)s1.O=C(O)C(F)(F)F.O=C(O)C(F)(F)F. The zero-order valence-electron chi connectivity index (χ0n) is 20.8. The zero-order valence-corrected chi connectivity index (χ0v) is 21.6. The summed E-state index contributed by atoms with van der Waals surface area (Å²) in [6, 6.07) is 8.50. The third-order valence-electron chi connectivity index (χ3n) is 5.84. The smallest absolute Gasteiger partial charge is 0.475 e. The van der Waals surface area contributed by atoms with Crippen LogP contribution in [0.5, 0.6) is 0 Å². The van der Waals surface area contributed by atoms with E-state index in [1.165, 1.54) is 15.3 Å². The van der Waals surface area contributed by atoms with Gasteiger partial charge in [0.05, 0.1) is 24.9 Å². The molecular weight excluding hydrogens is 558 g/mol. The van der Waals surface area contributed by atoms with Crippen molar-refractivity contribution < 1.29 is 55.6 Å². The van der Waals surface area contributed by atoms with E-state index in [0.717, 1.165) is 45.5 Å². The molecule has 4 heterocycles. The maximum absolute atomic E-state index is 10.6. The van der Waals surface area contributed by atoms with Crippen molar-refractivity contribution in [1.82, 2.24) is 9.88 Å². The lowest BCUT2D eigenvalue weighted by Crippen LogP contribution is -2.43. The number of likely N-dealkylation sites (tertiary alicyclic amines) is 1. The zero-order chi connectivity index (χ0) is 29.3. The fourth-order valence-electron chi connectivity index (χ4n) is 3.86. The number of aliphatic carboxylic acids is 2. The minimum atomic E-state index is -5.08. The van der Waals surface area contributed by atoms with E-state index in [4.69, 9.17) is 29.3 Å². The van der Waals surface area contributed by atoms with Crippen molar-refractivity contribution in [3.8, 4) is 0 Å². The molecule has 1 unspecified atom stereocenters. The van der Waals surface area contributed by atoms with E-state index >= 15 is 0 Å². The maximum atomic E-state index is 10.6. The van der Waals surface area contributed by atoms with Crippen LogP contribution < -0.4 is 0 Å². The number of halogens is 6. The highest BCUT2D eigenvalue weighted by Gasteiger charge is 2.43. The predicted molar refractivity (Wildman–Crippen MR) is 127 cm³/mol. The molecule has 2 aromatic heterocycles. The molecule has 1 atom stereocenters. The van der Waals surface area contributed by atoms with Gasteiger partial charge in [0.15, 0.2) is 0 Å². The first kappa shape index (κ1) is 32.5. The molecule has 2 saturated heterocycles. The highest BCUT2D eigenvalue weighted by molar-refractivity contribution is 7.11. The fraction of sp³-hybridized carbons (Fsp3) is 0.542. The molecule has 1 spiro atoms. The monoisotopic (exact) mass is 586 g/mol. The molecular formula is C24H28F6N2O6S. The standard InChI is InChI=1S/C20H26N2O2S.2C2HF3O2/c1-16-2-3-19(25-16)13-22-10-6-20(7-11-22)12-18(15-24-20)23-14-17-4-8-21-9-5-17;2*3-2(4,5)1(6)7/h2-5,8-9,18H,6-7,10-15H2,1H3;2*(H,6,7). The topological polar surface area (TPSA) is 109 Å². The summed E-state index contributed by atoms with van der Waals surface area (Å²) in [5.41, 5.74) is 1.22. The lowest BCUT2D eigenvalue weighted by Gasteiger charge is -2.38. The number of thiophene rings is 1. The third kappa shape index (κ3) is 11.5. The summed E-state index contributed by atoms with van der Waals surface area (Å²) in [4.78, 5) is 27.3. The van der Waals surface area contributed by atoms with E-state index < -0.39 is 24.3 Å². The average molecular weight is 587 g/mol. The number of alkyl halides is 6. The van der Waals surface area contributed by atoms with Gasteiger partial charge >= 0.3 is 24.3 Å². The summed E-state index contributed by atoms with van der Waals surface area (Å²) < 4.78 is 75.8. The Bertz CT molecular complexity index is 1030. The van der Waals surface area contributed by atoms with Crippen molar-refractivity contribution in [1.29, 1.82) is 0 Å². The quantitative estimate of drug-likeness (QED) is 0.469. The van der Waals surface area contributed by atoms with Gasteiger partial charge in [0.1, 0.15) is 0 Å². The van der Waals surface area contributed by atoms with E-state index in [0.29, 0.717) is 6.61 Å². The first-order chi connectivity index (χ1) is 18.1. The molecule has 2 aromatic rings. The van der Waals surface area contributed by atoms with Crippen molar-refractivity contribution in [2.24, 2.45) is 0 Å². The van der Waals surface area contributed by atoms with Gasteiger partial charge in [0.25, 0.3) is 0 Å². The number of rotatable bonds is 5. The molecule has 0 bridgehead atoms. The molecule has 2 aliphatic rings. The lowest BCUT2D eigenvalue weighted by atomic mass is 9.88. The molecule has 39 heavy (non-hydrogen) atoms. The van der Waals surface area contributed by atoms with Gasteiger partial charge in [0.2, 0.25) is 0 Å². The van der Waals surface area contributed by atoms with Crippen LogP contribution in [0, 0.1) is 6.92 Å². The minimum absolute atomic E-state index is 0.0464. The molecule has 2 fully saturated rings. The van der Waals surface area contributed by atoms with E-state index in [2.05, 4.69) is 28.9 Å². The molecule has 0 radical (unpaired) electrons. The van der Waals surface area contributed by atoms with Crippen LogP contribution in [-0.2, 0) is 32.2 Å². The van der Waals surface area contributed by atoms with Crippen LogP contribution in [0.2, 0.25) is 0 Å². The molecule has 0 aliphatic carbocycles. The van der Waals surface area contributed by atoms with Gasteiger partial charge in [0, 0.05) is 48.2 Å². The van der Waals surface area contributed by atoms with E-state index in [1.54, 1.807) is 0 Å². The second-order valence-corrected chi connectivity index (χ2v) is 10.3. The normalized spacial score (nSPS) is 19.0. The van der Waals surface area contributed by atoms with Crippen molar-refractivity contribution in [3.63, 3.8) is 0 Å². The van der Waals surface area contributed by atoms with E-state index in [1.807, 2.05) is 35.9 Å². The number of pyridine rings is 1. The molecule has 15 heteroatoms. The van der Waals surface area contributed by atoms with Gasteiger partial charge in [-0.15, -0.1) is 11.3 Å². The Labute approximate surface area is 224 Å². The number of hydrogen-bond acceptors (Lipinski definition) is 7. The number of carboxylic acids is 2. The number of aryl methyl sites for hydroxylation is 1. The van der Waals surface area contributed by atoms with Crippen molar-refractivity contribution >= 4 is 23.3 Å². The second-order valence-electron chi connectivity index (χ2n) is 8.88. The number of piperidine rings is 1. The Kier molecular flexibility index (Phi) is 11.7. The molecule has 0 amide bonds. The highest BCUT2D eigenvalue weighted by atomic mass is 32.1. The summed E-state index contributed by atoms with van der Waals surface area (Å²) in [7, 11) is 0. The first-order valence-corrected chi connectivity index (χ1v) is 12.4. The fourth-order valence-corrected chi connectivity index (χ4v) is 4.79. The van der Waals surface area contributed by atoms with Crippen molar-refractivity contribution in [3.05, 3.63) is 52.0 Å². The maximum Gasteiger partial charge on any atom is 0.490 e. The Balaban J connectivity index is 0.000000317. The minimum Gasteiger partial charge on any atom is -0.475 e. The highest BCUT2D eigenvalue weighted by Crippen LogP contribution is 2.37. The molecule has 218 valence electrons. The van der Waals surface area contributed by atoms with Gasteiger partial charge < -0.3 is 19.7 Å². The van der Waals surface area contributed by atoms with Gasteiger partial charge in [-0.2, -0.15) is 26.3 Å². The second kappa shape index (κ2) is 14.1. The largest absolute Gasteiger partial charge is 0.490 e. The lowest BCUT2D eigenvalue weighted by molar-refractivity contribution is -0.193.